The van der Waals surface area contributed by atoms with Crippen LogP contribution in [0.15, 0.2) is 29.6 Å². The average Bonchev–Trinajstić information content (AvgIpc) is 3.31. The maximum absolute atomic E-state index is 12.9. The van der Waals surface area contributed by atoms with E-state index < -0.39 is 0 Å². The summed E-state index contributed by atoms with van der Waals surface area (Å²) in [6, 6.07) is 8.04. The number of rotatable bonds is 6. The van der Waals surface area contributed by atoms with Crippen molar-refractivity contribution >= 4 is 46.3 Å². The number of likely N-dealkylation sites (tertiary alicyclic amines) is 1. The van der Waals surface area contributed by atoms with E-state index in [0.29, 0.717) is 17.4 Å². The van der Waals surface area contributed by atoms with Gasteiger partial charge in [0.05, 0.1) is 22.1 Å². The van der Waals surface area contributed by atoms with Crippen molar-refractivity contribution in [1.82, 2.24) is 9.88 Å². The Hall–Kier alpha value is -2.06. The minimum atomic E-state index is -0.153. The van der Waals surface area contributed by atoms with Gasteiger partial charge in [0, 0.05) is 37.5 Å². The number of hydrogen-bond acceptors (Lipinski definition) is 6. The zero-order valence-electron chi connectivity index (χ0n) is 18.0. The molecular formula is C23H30N4O2S2. The summed E-state index contributed by atoms with van der Waals surface area (Å²) in [6.45, 7) is 3.61. The van der Waals surface area contributed by atoms with Crippen LogP contribution in [0.25, 0.3) is 0 Å². The molecule has 2 aliphatic heterocycles. The van der Waals surface area contributed by atoms with Crippen LogP contribution in [0.1, 0.15) is 53.5 Å². The van der Waals surface area contributed by atoms with Gasteiger partial charge in [-0.25, -0.2) is 4.98 Å². The molecule has 1 aromatic carbocycles. The lowest BCUT2D eigenvalue weighted by molar-refractivity contribution is -0.129. The topological polar surface area (TPSA) is 65.5 Å². The number of amides is 2. The number of thioether (sulfide) groups is 1. The highest BCUT2D eigenvalue weighted by Gasteiger charge is 2.26. The van der Waals surface area contributed by atoms with Crippen molar-refractivity contribution in [1.29, 1.82) is 0 Å². The molecule has 2 aliphatic rings. The monoisotopic (exact) mass is 458 g/mol. The van der Waals surface area contributed by atoms with Gasteiger partial charge in [0.15, 0.2) is 0 Å². The Morgan fingerprint density at radius 1 is 1.13 bits per heavy atom. The van der Waals surface area contributed by atoms with Crippen LogP contribution in [0.3, 0.4) is 0 Å². The van der Waals surface area contributed by atoms with Crippen molar-refractivity contribution in [2.75, 3.05) is 48.4 Å². The number of anilines is 2. The molecule has 0 bridgehead atoms. The van der Waals surface area contributed by atoms with Gasteiger partial charge in [-0.05, 0) is 50.5 Å². The summed E-state index contributed by atoms with van der Waals surface area (Å²) in [6.07, 6.45) is 7.44. The first-order valence-electron chi connectivity index (χ1n) is 11.0. The third kappa shape index (κ3) is 5.41. The smallest absolute Gasteiger partial charge is 0.275 e. The normalized spacial score (nSPS) is 17.6. The Morgan fingerprint density at radius 3 is 2.61 bits per heavy atom. The van der Waals surface area contributed by atoms with E-state index in [4.69, 9.17) is 0 Å². The fraction of sp³-hybridized carbons (Fsp3) is 0.522. The molecule has 31 heavy (non-hydrogen) atoms. The Kier molecular flexibility index (Phi) is 7.50. The molecule has 0 saturated carbocycles. The van der Waals surface area contributed by atoms with Crippen molar-refractivity contribution < 1.29 is 9.59 Å². The second-order valence-electron chi connectivity index (χ2n) is 8.18. The zero-order chi connectivity index (χ0) is 21.6. The van der Waals surface area contributed by atoms with E-state index in [-0.39, 0.29) is 11.8 Å². The quantitative estimate of drug-likeness (QED) is 0.693. The van der Waals surface area contributed by atoms with Crippen LogP contribution < -0.4 is 10.2 Å². The number of piperidine rings is 2. The lowest BCUT2D eigenvalue weighted by atomic mass is 9.97. The highest BCUT2D eigenvalue weighted by atomic mass is 32.2. The molecule has 6 nitrogen and oxygen atoms in total. The van der Waals surface area contributed by atoms with E-state index in [1.807, 2.05) is 34.7 Å². The number of para-hydroxylation sites is 2. The number of nitrogens with zero attached hydrogens (tertiary/aromatic N) is 3. The molecule has 0 spiro atoms. The summed E-state index contributed by atoms with van der Waals surface area (Å²) in [5, 5.41) is 5.95. The highest BCUT2D eigenvalue weighted by molar-refractivity contribution is 7.99. The van der Waals surface area contributed by atoms with Crippen molar-refractivity contribution in [2.45, 2.75) is 38.0 Å². The minimum absolute atomic E-state index is 0.153. The van der Waals surface area contributed by atoms with Gasteiger partial charge < -0.3 is 15.1 Å². The maximum atomic E-state index is 12.9. The molecular weight excluding hydrogens is 428 g/mol. The summed E-state index contributed by atoms with van der Waals surface area (Å²) in [5.74, 6) is 0.938. The number of carbonyl (C=O) groups is 2. The van der Waals surface area contributed by atoms with Gasteiger partial charge in [0.1, 0.15) is 5.69 Å². The molecule has 2 amide bonds. The van der Waals surface area contributed by atoms with Crippen LogP contribution in [-0.4, -0.2) is 59.9 Å². The van der Waals surface area contributed by atoms with E-state index in [2.05, 4.69) is 21.3 Å². The van der Waals surface area contributed by atoms with Crippen LogP contribution in [0, 0.1) is 0 Å². The molecule has 3 heterocycles. The van der Waals surface area contributed by atoms with Crippen LogP contribution in [0.2, 0.25) is 0 Å². The predicted molar refractivity (Wildman–Crippen MR) is 130 cm³/mol. The van der Waals surface area contributed by atoms with Crippen molar-refractivity contribution in [3.63, 3.8) is 0 Å². The van der Waals surface area contributed by atoms with E-state index in [0.717, 1.165) is 55.4 Å². The maximum Gasteiger partial charge on any atom is 0.275 e. The number of carbonyl (C=O) groups excluding carboxylic acids is 2. The summed E-state index contributed by atoms with van der Waals surface area (Å²) in [7, 11) is 0. The van der Waals surface area contributed by atoms with E-state index in [1.54, 1.807) is 23.1 Å². The van der Waals surface area contributed by atoms with Gasteiger partial charge in [-0.15, -0.1) is 11.3 Å². The molecule has 0 radical (unpaired) electrons. The van der Waals surface area contributed by atoms with Crippen molar-refractivity contribution in [3.8, 4) is 0 Å². The SMILES string of the molecule is CSCC(=O)N1CCC(c2nc(C(=O)Nc3ccccc3N3CCCCC3)cs2)CC1. The Balaban J connectivity index is 1.38. The minimum Gasteiger partial charge on any atom is -0.370 e. The largest absolute Gasteiger partial charge is 0.370 e. The van der Waals surface area contributed by atoms with Crippen molar-refractivity contribution in [3.05, 3.63) is 40.3 Å². The second kappa shape index (κ2) is 10.5. The molecule has 0 atom stereocenters. The fourth-order valence-corrected chi connectivity index (χ4v) is 5.75. The lowest BCUT2D eigenvalue weighted by Gasteiger charge is -2.31. The second-order valence-corrected chi connectivity index (χ2v) is 9.93. The van der Waals surface area contributed by atoms with Gasteiger partial charge in [-0.1, -0.05) is 12.1 Å². The number of thiazole rings is 1. The van der Waals surface area contributed by atoms with Crippen LogP contribution >= 0.6 is 23.1 Å². The molecule has 8 heteroatoms. The molecule has 1 N–H and O–H groups in total. The van der Waals surface area contributed by atoms with Crippen LogP contribution in [0.4, 0.5) is 11.4 Å². The summed E-state index contributed by atoms with van der Waals surface area (Å²) in [5.41, 5.74) is 2.42. The van der Waals surface area contributed by atoms with Gasteiger partial charge in [0.2, 0.25) is 5.91 Å². The van der Waals surface area contributed by atoms with Gasteiger partial charge in [-0.3, -0.25) is 9.59 Å². The third-order valence-corrected chi connectivity index (χ3v) is 7.61. The van der Waals surface area contributed by atoms with Gasteiger partial charge in [-0.2, -0.15) is 11.8 Å². The standard InChI is InChI=1S/C23H30N4O2S2/c1-30-16-21(28)27-13-9-17(10-14-27)23-25-19(15-31-23)22(29)24-18-7-3-4-8-20(18)26-11-5-2-6-12-26/h3-4,7-8,15,17H,2,5-6,9-14,16H2,1H3,(H,24,29). The molecule has 2 fully saturated rings. The van der Waals surface area contributed by atoms with E-state index in [9.17, 15) is 9.59 Å². The summed E-state index contributed by atoms with van der Waals surface area (Å²) < 4.78 is 0. The molecule has 4 rings (SSSR count). The Morgan fingerprint density at radius 2 is 1.87 bits per heavy atom. The van der Waals surface area contributed by atoms with Crippen LogP contribution in [-0.2, 0) is 4.79 Å². The van der Waals surface area contributed by atoms with Crippen molar-refractivity contribution in [2.24, 2.45) is 0 Å². The fourth-order valence-electron chi connectivity index (χ4n) is 4.35. The zero-order valence-corrected chi connectivity index (χ0v) is 19.6. The van der Waals surface area contributed by atoms with Crippen LogP contribution in [0.5, 0.6) is 0 Å². The highest BCUT2D eigenvalue weighted by Crippen LogP contribution is 2.32. The molecule has 0 unspecified atom stereocenters. The average molecular weight is 459 g/mol. The van der Waals surface area contributed by atoms with Gasteiger partial charge in [0.25, 0.3) is 5.91 Å². The van der Waals surface area contributed by atoms with E-state index >= 15 is 0 Å². The number of benzene rings is 1. The molecule has 2 aromatic rings. The molecule has 1 aromatic heterocycles. The lowest BCUT2D eigenvalue weighted by Crippen LogP contribution is -2.38. The predicted octanol–water partition coefficient (Wildman–Crippen LogP) is 4.45. The summed E-state index contributed by atoms with van der Waals surface area (Å²) >= 11 is 3.13. The van der Waals surface area contributed by atoms with E-state index in [1.165, 1.54) is 19.3 Å². The molecule has 0 aliphatic carbocycles. The number of aromatic nitrogens is 1. The summed E-state index contributed by atoms with van der Waals surface area (Å²) in [4.78, 5) is 34.0. The first kappa shape index (κ1) is 22.1. The Bertz CT molecular complexity index is 902. The number of hydrogen-bond donors (Lipinski definition) is 1. The molecule has 166 valence electrons. The molecule has 2 saturated heterocycles. The first-order valence-corrected chi connectivity index (χ1v) is 13.3. The first-order chi connectivity index (χ1) is 15.2. The third-order valence-electron chi connectivity index (χ3n) is 6.07. The number of nitrogens with one attached hydrogen (secondary N) is 1. The Labute approximate surface area is 192 Å². The van der Waals surface area contributed by atoms with Gasteiger partial charge >= 0.3 is 0 Å².